The summed E-state index contributed by atoms with van der Waals surface area (Å²) in [7, 11) is 0. The quantitative estimate of drug-likeness (QED) is 0.743. The lowest BCUT2D eigenvalue weighted by Crippen LogP contribution is -2.38. The van der Waals surface area contributed by atoms with E-state index >= 15 is 0 Å². The molecule has 3 aliphatic rings. The van der Waals surface area contributed by atoms with Gasteiger partial charge in [-0.05, 0) is 36.3 Å². The maximum atomic E-state index is 13.0. The number of hydrogen-bond acceptors (Lipinski definition) is 4. The molecule has 0 radical (unpaired) electrons. The predicted molar refractivity (Wildman–Crippen MR) is 118 cm³/mol. The monoisotopic (exact) mass is 412 g/mol. The van der Waals surface area contributed by atoms with Crippen LogP contribution in [0.4, 0.5) is 0 Å². The first-order valence-electron chi connectivity index (χ1n) is 11.5. The van der Waals surface area contributed by atoms with Crippen LogP contribution >= 0.6 is 0 Å². The van der Waals surface area contributed by atoms with Crippen LogP contribution in [0.3, 0.4) is 0 Å². The second-order valence-corrected chi connectivity index (χ2v) is 9.92. The van der Waals surface area contributed by atoms with Crippen molar-refractivity contribution in [2.75, 3.05) is 45.8 Å². The number of likely N-dealkylation sites (tertiary alicyclic amines) is 3. The summed E-state index contributed by atoms with van der Waals surface area (Å²) >= 11 is 0. The zero-order valence-corrected chi connectivity index (χ0v) is 18.4. The number of carbonyl (C=O) groups excluding carboxylic acids is 2. The molecule has 2 amide bonds. The Morgan fingerprint density at radius 1 is 1.07 bits per heavy atom. The highest BCUT2D eigenvalue weighted by Crippen LogP contribution is 2.33. The molecule has 4 rings (SSSR count). The molecule has 0 aliphatic carbocycles. The van der Waals surface area contributed by atoms with Crippen LogP contribution in [0.15, 0.2) is 30.3 Å². The minimum atomic E-state index is -0.143. The molecule has 0 spiro atoms. The van der Waals surface area contributed by atoms with Gasteiger partial charge in [0.05, 0.1) is 5.92 Å². The number of nitrogens with two attached hydrogens (primary N) is 1. The Morgan fingerprint density at radius 2 is 1.73 bits per heavy atom. The minimum Gasteiger partial charge on any atom is -0.342 e. The predicted octanol–water partition coefficient (Wildman–Crippen LogP) is 1.97. The molecule has 3 heterocycles. The van der Waals surface area contributed by atoms with E-state index < -0.39 is 0 Å². The van der Waals surface area contributed by atoms with Crippen molar-refractivity contribution in [2.45, 2.75) is 32.7 Å². The van der Waals surface area contributed by atoms with Crippen molar-refractivity contribution in [1.82, 2.24) is 14.7 Å². The lowest BCUT2D eigenvalue weighted by Gasteiger charge is -2.25. The summed E-state index contributed by atoms with van der Waals surface area (Å²) < 4.78 is 0. The maximum absolute atomic E-state index is 13.0. The van der Waals surface area contributed by atoms with Crippen molar-refractivity contribution in [1.29, 1.82) is 0 Å². The Morgan fingerprint density at radius 3 is 2.37 bits per heavy atom. The van der Waals surface area contributed by atoms with Gasteiger partial charge in [-0.1, -0.05) is 44.2 Å². The molecule has 2 N–H and O–H groups in total. The Kier molecular flexibility index (Phi) is 6.44. The average Bonchev–Trinajstić information content (AvgIpc) is 3.39. The van der Waals surface area contributed by atoms with E-state index in [0.717, 1.165) is 45.7 Å². The molecule has 1 aromatic rings. The molecule has 6 heteroatoms. The summed E-state index contributed by atoms with van der Waals surface area (Å²) in [5.41, 5.74) is 7.56. The van der Waals surface area contributed by atoms with Crippen LogP contribution < -0.4 is 5.73 Å². The zero-order chi connectivity index (χ0) is 21.3. The van der Waals surface area contributed by atoms with E-state index in [-0.39, 0.29) is 23.8 Å². The van der Waals surface area contributed by atoms with E-state index in [4.69, 9.17) is 5.73 Å². The van der Waals surface area contributed by atoms with Crippen molar-refractivity contribution in [2.24, 2.45) is 29.4 Å². The van der Waals surface area contributed by atoms with Crippen LogP contribution in [-0.4, -0.2) is 72.3 Å². The van der Waals surface area contributed by atoms with Gasteiger partial charge in [0.15, 0.2) is 0 Å². The van der Waals surface area contributed by atoms with Gasteiger partial charge in [-0.15, -0.1) is 0 Å². The number of amides is 2. The lowest BCUT2D eigenvalue weighted by molar-refractivity contribution is -0.135. The van der Waals surface area contributed by atoms with E-state index in [2.05, 4.69) is 30.9 Å². The Hall–Kier alpha value is -1.92. The highest BCUT2D eigenvalue weighted by Gasteiger charge is 2.44. The molecule has 0 bridgehead atoms. The number of carbonyl (C=O) groups is 2. The van der Waals surface area contributed by atoms with E-state index in [0.29, 0.717) is 30.7 Å². The first-order valence-corrected chi connectivity index (χ1v) is 11.5. The smallest absolute Gasteiger partial charge is 0.228 e. The summed E-state index contributed by atoms with van der Waals surface area (Å²) in [6.07, 6.45) is 1.35. The largest absolute Gasteiger partial charge is 0.342 e. The van der Waals surface area contributed by atoms with Gasteiger partial charge in [-0.2, -0.15) is 0 Å². The highest BCUT2D eigenvalue weighted by atomic mass is 16.2. The van der Waals surface area contributed by atoms with Crippen molar-refractivity contribution < 1.29 is 9.59 Å². The van der Waals surface area contributed by atoms with Crippen molar-refractivity contribution in [3.05, 3.63) is 35.9 Å². The van der Waals surface area contributed by atoms with Gasteiger partial charge in [-0.3, -0.25) is 9.59 Å². The van der Waals surface area contributed by atoms with Gasteiger partial charge in [0.2, 0.25) is 11.8 Å². The number of rotatable bonds is 7. The van der Waals surface area contributed by atoms with E-state index in [1.54, 1.807) is 0 Å². The van der Waals surface area contributed by atoms with Gasteiger partial charge < -0.3 is 20.4 Å². The molecule has 164 valence electrons. The summed E-state index contributed by atoms with van der Waals surface area (Å²) in [6, 6.07) is 10.4. The maximum Gasteiger partial charge on any atom is 0.228 e. The highest BCUT2D eigenvalue weighted by molar-refractivity contribution is 5.89. The van der Waals surface area contributed by atoms with Crippen LogP contribution in [0.5, 0.6) is 0 Å². The van der Waals surface area contributed by atoms with E-state index in [1.807, 2.05) is 28.0 Å². The molecular formula is C24H36N4O2. The molecule has 3 saturated heterocycles. The first kappa shape index (κ1) is 21.3. The fourth-order valence-corrected chi connectivity index (χ4v) is 5.45. The molecular weight excluding hydrogens is 376 g/mol. The van der Waals surface area contributed by atoms with Crippen LogP contribution in [0, 0.1) is 23.7 Å². The lowest BCUT2D eigenvalue weighted by atomic mass is 10.0. The second kappa shape index (κ2) is 9.06. The Labute approximate surface area is 180 Å². The number of fused-ring (bicyclic) bond motifs is 1. The Bertz CT molecular complexity index is 739. The third-order valence-electron chi connectivity index (χ3n) is 7.01. The summed E-state index contributed by atoms with van der Waals surface area (Å²) in [4.78, 5) is 31.7. The number of benzene rings is 1. The van der Waals surface area contributed by atoms with Crippen LogP contribution in [-0.2, 0) is 9.59 Å². The molecule has 1 aromatic carbocycles. The molecule has 4 atom stereocenters. The van der Waals surface area contributed by atoms with Gasteiger partial charge >= 0.3 is 0 Å². The fraction of sp³-hybridized carbons (Fsp3) is 0.667. The minimum absolute atomic E-state index is 0.0819. The normalized spacial score (nSPS) is 27.9. The van der Waals surface area contributed by atoms with Gasteiger partial charge in [0, 0.05) is 51.7 Å². The van der Waals surface area contributed by atoms with Gasteiger partial charge in [0.25, 0.3) is 0 Å². The fourth-order valence-electron chi connectivity index (χ4n) is 5.45. The van der Waals surface area contributed by atoms with Crippen LogP contribution in [0.2, 0.25) is 0 Å². The summed E-state index contributed by atoms with van der Waals surface area (Å²) in [6.45, 7) is 10.4. The first-order chi connectivity index (χ1) is 14.4. The summed E-state index contributed by atoms with van der Waals surface area (Å²) in [5.74, 6) is 1.76. The average molecular weight is 413 g/mol. The zero-order valence-electron chi connectivity index (χ0n) is 18.4. The van der Waals surface area contributed by atoms with Crippen molar-refractivity contribution in [3.63, 3.8) is 0 Å². The van der Waals surface area contributed by atoms with Gasteiger partial charge in [0.1, 0.15) is 0 Å². The molecule has 3 unspecified atom stereocenters. The Balaban J connectivity index is 1.23. The molecule has 0 saturated carbocycles. The third kappa shape index (κ3) is 4.70. The standard InChI is InChI=1S/C24H36N4O2/c1-17(2)11-27-14-19(10-23(27)29)24(30)28-15-20-12-26(13-21(20)16-28)9-8-22(25)18-6-4-3-5-7-18/h3-7,17,19-22H,8-16,25H2,1-2H3/t19?,20?,21?,22-/m0/s1. The molecule has 30 heavy (non-hydrogen) atoms. The van der Waals surface area contributed by atoms with Crippen molar-refractivity contribution >= 4 is 11.8 Å². The number of nitrogens with zero attached hydrogens (tertiary/aromatic N) is 3. The van der Waals surface area contributed by atoms with Crippen molar-refractivity contribution in [3.8, 4) is 0 Å². The summed E-state index contributed by atoms with van der Waals surface area (Å²) in [5, 5.41) is 0. The van der Waals surface area contributed by atoms with Crippen LogP contribution in [0.1, 0.15) is 38.3 Å². The SMILES string of the molecule is CC(C)CN1CC(C(=O)N2CC3CN(CC[C@H](N)c4ccccc4)CC3C2)CC1=O. The molecule has 6 nitrogen and oxygen atoms in total. The van der Waals surface area contributed by atoms with Crippen LogP contribution in [0.25, 0.3) is 0 Å². The third-order valence-corrected chi connectivity index (χ3v) is 7.01. The van der Waals surface area contributed by atoms with E-state index in [9.17, 15) is 9.59 Å². The second-order valence-electron chi connectivity index (χ2n) is 9.92. The molecule has 3 aliphatic heterocycles. The number of hydrogen-bond donors (Lipinski definition) is 1. The topological polar surface area (TPSA) is 69.9 Å². The van der Waals surface area contributed by atoms with Gasteiger partial charge in [-0.25, -0.2) is 0 Å². The molecule has 0 aromatic heterocycles. The molecule has 3 fully saturated rings. The van der Waals surface area contributed by atoms with E-state index in [1.165, 1.54) is 5.56 Å².